The Balaban J connectivity index is 2.62. The smallest absolute Gasteiger partial charge is 0.152 e. The minimum Gasteiger partial charge on any atom is -0.508 e. The van der Waals surface area contributed by atoms with E-state index in [1.165, 1.54) is 11.3 Å². The van der Waals surface area contributed by atoms with Crippen LogP contribution in [0, 0.1) is 5.51 Å². The van der Waals surface area contributed by atoms with Crippen molar-refractivity contribution < 1.29 is 5.11 Å². The molecule has 1 N–H and O–H groups in total. The lowest BCUT2D eigenvalue weighted by atomic mass is 9.83. The van der Waals surface area contributed by atoms with Gasteiger partial charge in [0, 0.05) is 10.9 Å². The second-order valence-corrected chi connectivity index (χ2v) is 5.46. The fourth-order valence-corrected chi connectivity index (χ4v) is 2.18. The Kier molecular flexibility index (Phi) is 2.72. The van der Waals surface area contributed by atoms with Crippen molar-refractivity contribution in [3.05, 3.63) is 34.7 Å². The zero-order chi connectivity index (χ0) is 11.8. The molecule has 1 radical (unpaired) electrons. The lowest BCUT2D eigenvalue weighted by Gasteiger charge is -2.22. The predicted molar refractivity (Wildman–Crippen MR) is 66.8 cm³/mol. The van der Waals surface area contributed by atoms with Gasteiger partial charge in [0.25, 0.3) is 0 Å². The number of phenols is 1. The first-order valence-corrected chi connectivity index (χ1v) is 6.02. The van der Waals surface area contributed by atoms with Gasteiger partial charge in [-0.15, -0.1) is 11.3 Å². The SMILES string of the molecule is CC(C)(C)c1cc(O)ccc1-c1cs[c]n1. The van der Waals surface area contributed by atoms with Gasteiger partial charge in [-0.25, -0.2) is 4.98 Å². The van der Waals surface area contributed by atoms with Crippen molar-refractivity contribution in [1.82, 2.24) is 4.98 Å². The number of phenolic OH excluding ortho intramolecular Hbond substituents is 1. The van der Waals surface area contributed by atoms with Crippen LogP contribution in [0.1, 0.15) is 26.3 Å². The zero-order valence-corrected chi connectivity index (χ0v) is 10.4. The molecule has 0 unspecified atom stereocenters. The third kappa shape index (κ3) is 2.09. The summed E-state index contributed by atoms with van der Waals surface area (Å²) in [7, 11) is 0. The lowest BCUT2D eigenvalue weighted by Crippen LogP contribution is -2.12. The molecule has 2 nitrogen and oxygen atoms in total. The van der Waals surface area contributed by atoms with Crippen LogP contribution >= 0.6 is 11.3 Å². The van der Waals surface area contributed by atoms with Gasteiger partial charge in [0.15, 0.2) is 5.51 Å². The van der Waals surface area contributed by atoms with Gasteiger partial charge in [-0.05, 0) is 29.2 Å². The Morgan fingerprint density at radius 2 is 2.06 bits per heavy atom. The lowest BCUT2D eigenvalue weighted by molar-refractivity contribution is 0.471. The quantitative estimate of drug-likeness (QED) is 0.814. The second kappa shape index (κ2) is 3.91. The van der Waals surface area contributed by atoms with E-state index in [1.54, 1.807) is 6.07 Å². The summed E-state index contributed by atoms with van der Waals surface area (Å²) < 4.78 is 0. The molecule has 0 amide bonds. The molecule has 3 heteroatoms. The van der Waals surface area contributed by atoms with Gasteiger partial charge in [0.2, 0.25) is 0 Å². The van der Waals surface area contributed by atoms with Crippen molar-refractivity contribution in [2.24, 2.45) is 0 Å². The molecule has 0 atom stereocenters. The molecule has 0 aliphatic carbocycles. The number of hydrogen-bond acceptors (Lipinski definition) is 3. The molecular weight excluding hydrogens is 218 g/mol. The summed E-state index contributed by atoms with van der Waals surface area (Å²) >= 11 is 1.46. The van der Waals surface area contributed by atoms with E-state index in [1.807, 2.05) is 17.5 Å². The minimum absolute atomic E-state index is 0.0162. The summed E-state index contributed by atoms with van der Waals surface area (Å²) in [5.41, 5.74) is 5.94. The molecule has 2 rings (SSSR count). The summed E-state index contributed by atoms with van der Waals surface area (Å²) in [6.07, 6.45) is 0. The average Bonchev–Trinajstić information content (AvgIpc) is 2.69. The summed E-state index contributed by atoms with van der Waals surface area (Å²) in [6.45, 7) is 6.38. The van der Waals surface area contributed by atoms with E-state index >= 15 is 0 Å². The normalized spacial score (nSPS) is 11.7. The fraction of sp³-hybridized carbons (Fsp3) is 0.308. The van der Waals surface area contributed by atoms with Crippen molar-refractivity contribution in [3.8, 4) is 17.0 Å². The predicted octanol–water partition coefficient (Wildman–Crippen LogP) is 3.61. The van der Waals surface area contributed by atoms with Crippen LogP contribution in [0.2, 0.25) is 0 Å². The molecule has 1 aromatic heterocycles. The highest BCUT2D eigenvalue weighted by Gasteiger charge is 2.20. The van der Waals surface area contributed by atoms with E-state index in [2.05, 4.69) is 31.3 Å². The van der Waals surface area contributed by atoms with Gasteiger partial charge in [0.1, 0.15) is 5.75 Å². The van der Waals surface area contributed by atoms with E-state index in [0.717, 1.165) is 16.8 Å². The van der Waals surface area contributed by atoms with E-state index in [-0.39, 0.29) is 5.41 Å². The standard InChI is InChI=1S/C13H14NOS/c1-13(2,3)11-6-9(15)4-5-10(11)12-7-16-8-14-12/h4-7,15H,1-3H3. The zero-order valence-electron chi connectivity index (χ0n) is 9.61. The van der Waals surface area contributed by atoms with Gasteiger partial charge in [-0.2, -0.15) is 0 Å². The Hall–Kier alpha value is -1.35. The van der Waals surface area contributed by atoms with Crippen molar-refractivity contribution in [2.75, 3.05) is 0 Å². The summed E-state index contributed by atoms with van der Waals surface area (Å²) in [5, 5.41) is 11.5. The third-order valence-electron chi connectivity index (χ3n) is 2.48. The molecule has 1 aromatic carbocycles. The molecule has 0 saturated heterocycles. The Morgan fingerprint density at radius 3 is 2.62 bits per heavy atom. The summed E-state index contributed by atoms with van der Waals surface area (Å²) in [5.74, 6) is 0.299. The molecular formula is C13H14NOS. The van der Waals surface area contributed by atoms with Crippen molar-refractivity contribution in [3.63, 3.8) is 0 Å². The van der Waals surface area contributed by atoms with Crippen LogP contribution in [-0.2, 0) is 5.41 Å². The number of benzene rings is 1. The van der Waals surface area contributed by atoms with Gasteiger partial charge in [0.05, 0.1) is 5.69 Å². The van der Waals surface area contributed by atoms with Gasteiger partial charge in [-0.1, -0.05) is 20.8 Å². The monoisotopic (exact) mass is 232 g/mol. The highest BCUT2D eigenvalue weighted by Crippen LogP contribution is 2.34. The number of thiazole rings is 1. The molecule has 1 heterocycles. The number of rotatable bonds is 1. The van der Waals surface area contributed by atoms with Crippen LogP contribution in [0.15, 0.2) is 23.6 Å². The molecule has 83 valence electrons. The Labute approximate surface area is 99.6 Å². The summed E-state index contributed by atoms with van der Waals surface area (Å²) in [4.78, 5) is 4.20. The first-order chi connectivity index (χ1) is 7.48. The molecule has 0 fully saturated rings. The average molecular weight is 232 g/mol. The minimum atomic E-state index is -0.0162. The van der Waals surface area contributed by atoms with Crippen LogP contribution in [0.3, 0.4) is 0 Å². The summed E-state index contributed by atoms with van der Waals surface area (Å²) in [6, 6.07) is 5.43. The topological polar surface area (TPSA) is 33.1 Å². The van der Waals surface area contributed by atoms with Crippen LogP contribution in [-0.4, -0.2) is 10.1 Å². The molecule has 0 saturated carbocycles. The van der Waals surface area contributed by atoms with E-state index < -0.39 is 0 Å². The maximum atomic E-state index is 9.57. The number of aromatic nitrogens is 1. The maximum Gasteiger partial charge on any atom is 0.152 e. The molecule has 0 aliphatic heterocycles. The van der Waals surface area contributed by atoms with Gasteiger partial charge in [-0.3, -0.25) is 0 Å². The highest BCUT2D eigenvalue weighted by atomic mass is 32.1. The first-order valence-electron chi connectivity index (χ1n) is 5.14. The Bertz CT molecular complexity index is 483. The highest BCUT2D eigenvalue weighted by molar-refractivity contribution is 7.07. The number of nitrogens with zero attached hydrogens (tertiary/aromatic N) is 1. The van der Waals surface area contributed by atoms with Crippen molar-refractivity contribution in [1.29, 1.82) is 0 Å². The molecule has 16 heavy (non-hydrogen) atoms. The maximum absolute atomic E-state index is 9.57. The van der Waals surface area contributed by atoms with E-state index in [4.69, 9.17) is 0 Å². The van der Waals surface area contributed by atoms with Crippen molar-refractivity contribution in [2.45, 2.75) is 26.2 Å². The van der Waals surface area contributed by atoms with Crippen molar-refractivity contribution >= 4 is 11.3 Å². The molecule has 2 aromatic rings. The van der Waals surface area contributed by atoms with Gasteiger partial charge >= 0.3 is 0 Å². The second-order valence-electron chi connectivity index (χ2n) is 4.80. The number of aromatic hydroxyl groups is 1. The molecule has 0 spiro atoms. The van der Waals surface area contributed by atoms with E-state index in [0.29, 0.717) is 5.75 Å². The van der Waals surface area contributed by atoms with E-state index in [9.17, 15) is 5.11 Å². The Morgan fingerprint density at radius 1 is 1.31 bits per heavy atom. The fourth-order valence-electron chi connectivity index (χ4n) is 1.68. The van der Waals surface area contributed by atoms with Crippen LogP contribution in [0.4, 0.5) is 0 Å². The van der Waals surface area contributed by atoms with Crippen LogP contribution in [0.25, 0.3) is 11.3 Å². The van der Waals surface area contributed by atoms with Crippen LogP contribution < -0.4 is 0 Å². The molecule has 0 bridgehead atoms. The van der Waals surface area contributed by atoms with Crippen LogP contribution in [0.5, 0.6) is 5.75 Å². The first kappa shape index (κ1) is 11.1. The third-order valence-corrected chi connectivity index (χ3v) is 3.01. The largest absolute Gasteiger partial charge is 0.508 e. The molecule has 0 aliphatic rings. The number of hydrogen-bond donors (Lipinski definition) is 1. The van der Waals surface area contributed by atoms with Gasteiger partial charge < -0.3 is 5.11 Å².